The molecule has 0 saturated carbocycles. The van der Waals surface area contributed by atoms with Crippen LogP contribution in [-0.4, -0.2) is 48.4 Å². The van der Waals surface area contributed by atoms with Gasteiger partial charge in [-0.1, -0.05) is 30.3 Å². The summed E-state index contributed by atoms with van der Waals surface area (Å²) in [6.07, 6.45) is 2.34. The van der Waals surface area contributed by atoms with Crippen molar-refractivity contribution in [3.05, 3.63) is 65.5 Å². The third-order valence-corrected chi connectivity index (χ3v) is 4.70. The van der Waals surface area contributed by atoms with Crippen molar-refractivity contribution in [2.75, 3.05) is 6.54 Å². The smallest absolute Gasteiger partial charge is 0.275 e. The molecule has 1 fully saturated rings. The Morgan fingerprint density at radius 3 is 2.78 bits per heavy atom. The van der Waals surface area contributed by atoms with E-state index < -0.39 is 0 Å². The van der Waals surface area contributed by atoms with Crippen LogP contribution in [0.5, 0.6) is 0 Å². The summed E-state index contributed by atoms with van der Waals surface area (Å²) in [5.74, 6) is 1.21. The first kappa shape index (κ1) is 17.4. The van der Waals surface area contributed by atoms with E-state index in [1.54, 1.807) is 28.9 Å². The molecule has 8 nitrogen and oxygen atoms in total. The summed E-state index contributed by atoms with van der Waals surface area (Å²) >= 11 is 0. The molecule has 140 valence electrons. The Morgan fingerprint density at radius 1 is 1.30 bits per heavy atom. The van der Waals surface area contributed by atoms with Gasteiger partial charge in [-0.3, -0.25) is 14.6 Å². The zero-order valence-corrected chi connectivity index (χ0v) is 15.4. The number of hydrogen-bond acceptors (Lipinski definition) is 5. The Bertz CT molecular complexity index is 919. The minimum absolute atomic E-state index is 0.0818. The molecule has 4 rings (SSSR count). The number of aryl methyl sites for hydroxylation is 2. The van der Waals surface area contributed by atoms with Crippen molar-refractivity contribution in [2.45, 2.75) is 32.1 Å². The molecule has 1 N–H and O–H groups in total. The van der Waals surface area contributed by atoms with Gasteiger partial charge < -0.3 is 9.64 Å². The van der Waals surface area contributed by atoms with Gasteiger partial charge in [0.15, 0.2) is 5.82 Å². The number of rotatable bonds is 5. The van der Waals surface area contributed by atoms with Gasteiger partial charge in [-0.25, -0.2) is 4.98 Å². The molecule has 3 heterocycles. The molecule has 2 aromatic heterocycles. The Kier molecular flexibility index (Phi) is 4.72. The molecule has 1 aliphatic rings. The third kappa shape index (κ3) is 3.75. The quantitative estimate of drug-likeness (QED) is 0.746. The van der Waals surface area contributed by atoms with Crippen molar-refractivity contribution in [1.29, 1.82) is 0 Å². The highest BCUT2D eigenvalue weighted by molar-refractivity contribution is 5.92. The van der Waals surface area contributed by atoms with Crippen LogP contribution in [0.2, 0.25) is 0 Å². The van der Waals surface area contributed by atoms with E-state index in [2.05, 4.69) is 20.3 Å². The maximum Gasteiger partial charge on any atom is 0.275 e. The first-order valence-electron chi connectivity index (χ1n) is 8.95. The molecule has 0 radical (unpaired) electrons. The molecule has 0 unspecified atom stereocenters. The van der Waals surface area contributed by atoms with E-state index in [9.17, 15) is 4.79 Å². The predicted octanol–water partition coefficient (Wildman–Crippen LogP) is 2.02. The Balaban J connectivity index is 1.52. The van der Waals surface area contributed by atoms with E-state index in [-0.39, 0.29) is 18.1 Å². The molecule has 3 aromatic rings. The van der Waals surface area contributed by atoms with Crippen LogP contribution in [0.25, 0.3) is 0 Å². The number of nitrogens with zero attached hydrogens (tertiary/aromatic N) is 5. The molecular formula is C19H22N6O2. The van der Waals surface area contributed by atoms with Gasteiger partial charge in [-0.15, -0.1) is 0 Å². The summed E-state index contributed by atoms with van der Waals surface area (Å²) in [6, 6.07) is 11.5. The summed E-state index contributed by atoms with van der Waals surface area (Å²) < 4.78 is 7.71. The lowest BCUT2D eigenvalue weighted by atomic mass is 10.2. The lowest BCUT2D eigenvalue weighted by molar-refractivity contribution is 0.0436. The van der Waals surface area contributed by atoms with Crippen LogP contribution in [0.3, 0.4) is 0 Å². The topological polar surface area (TPSA) is 88.9 Å². The van der Waals surface area contributed by atoms with Crippen LogP contribution in [0.1, 0.15) is 40.2 Å². The largest absolute Gasteiger partial charge is 0.372 e. The molecule has 1 aromatic carbocycles. The fraction of sp³-hybridized carbons (Fsp3) is 0.368. The van der Waals surface area contributed by atoms with Crippen molar-refractivity contribution < 1.29 is 9.53 Å². The SMILES string of the molecule is Cc1nc([C@@H]2C[C@H](OCc3ccccc3)CN2C(=O)c2ccn(C)n2)n[nH]1. The van der Waals surface area contributed by atoms with E-state index >= 15 is 0 Å². The molecule has 0 spiro atoms. The van der Waals surface area contributed by atoms with Crippen LogP contribution < -0.4 is 0 Å². The highest BCUT2D eigenvalue weighted by Gasteiger charge is 2.39. The van der Waals surface area contributed by atoms with E-state index in [4.69, 9.17) is 4.74 Å². The summed E-state index contributed by atoms with van der Waals surface area (Å²) in [5, 5.41) is 11.4. The second-order valence-corrected chi connectivity index (χ2v) is 6.78. The number of H-pyrrole nitrogens is 1. The van der Waals surface area contributed by atoms with Crippen LogP contribution in [0, 0.1) is 6.92 Å². The van der Waals surface area contributed by atoms with E-state index in [1.165, 1.54) is 0 Å². The minimum atomic E-state index is -0.231. The summed E-state index contributed by atoms with van der Waals surface area (Å²) in [7, 11) is 1.79. The molecule has 27 heavy (non-hydrogen) atoms. The van der Waals surface area contributed by atoms with Crippen LogP contribution in [-0.2, 0) is 18.4 Å². The first-order chi connectivity index (χ1) is 13.1. The van der Waals surface area contributed by atoms with Crippen molar-refractivity contribution in [2.24, 2.45) is 7.05 Å². The average Bonchev–Trinajstić information content (AvgIpc) is 3.40. The van der Waals surface area contributed by atoms with Gasteiger partial charge in [0.2, 0.25) is 0 Å². The lowest BCUT2D eigenvalue weighted by Crippen LogP contribution is -2.33. The van der Waals surface area contributed by atoms with Gasteiger partial charge in [0, 0.05) is 26.2 Å². The Hall–Kier alpha value is -3.00. The van der Waals surface area contributed by atoms with Crippen LogP contribution in [0.4, 0.5) is 0 Å². The predicted molar refractivity (Wildman–Crippen MR) is 97.7 cm³/mol. The average molecular weight is 366 g/mol. The number of hydrogen-bond donors (Lipinski definition) is 1. The molecule has 2 atom stereocenters. The number of ether oxygens (including phenoxy) is 1. The maximum absolute atomic E-state index is 13.0. The number of carbonyl (C=O) groups is 1. The van der Waals surface area contributed by atoms with Gasteiger partial charge in [0.25, 0.3) is 5.91 Å². The number of amides is 1. The number of aromatic nitrogens is 5. The summed E-state index contributed by atoms with van der Waals surface area (Å²) in [5.41, 5.74) is 1.52. The molecule has 0 bridgehead atoms. The number of benzene rings is 1. The second kappa shape index (κ2) is 7.32. The summed E-state index contributed by atoms with van der Waals surface area (Å²) in [4.78, 5) is 19.2. The number of carbonyl (C=O) groups excluding carboxylic acids is 1. The molecule has 1 amide bonds. The van der Waals surface area contributed by atoms with Gasteiger partial charge in [0.1, 0.15) is 11.5 Å². The number of likely N-dealkylation sites (tertiary alicyclic amines) is 1. The van der Waals surface area contributed by atoms with Crippen LogP contribution in [0.15, 0.2) is 42.6 Å². The number of aromatic amines is 1. The van der Waals surface area contributed by atoms with Crippen LogP contribution >= 0.6 is 0 Å². The highest BCUT2D eigenvalue weighted by atomic mass is 16.5. The van der Waals surface area contributed by atoms with E-state index in [0.29, 0.717) is 31.1 Å². The van der Waals surface area contributed by atoms with Crippen molar-refractivity contribution in [3.63, 3.8) is 0 Å². The van der Waals surface area contributed by atoms with Crippen molar-refractivity contribution in [1.82, 2.24) is 29.9 Å². The zero-order chi connectivity index (χ0) is 18.8. The Labute approximate surface area is 157 Å². The minimum Gasteiger partial charge on any atom is -0.372 e. The molecule has 1 aliphatic heterocycles. The zero-order valence-electron chi connectivity index (χ0n) is 15.4. The standard InChI is InChI=1S/C19H22N6O2/c1-13-20-18(22-21-13)17-10-15(27-12-14-6-4-3-5-7-14)11-25(17)19(26)16-8-9-24(2)23-16/h3-9,15,17H,10-12H2,1-2H3,(H,20,21,22)/t15-,17-/m0/s1. The number of nitrogens with one attached hydrogen (secondary N) is 1. The van der Waals surface area contributed by atoms with E-state index in [1.807, 2.05) is 37.3 Å². The molecular weight excluding hydrogens is 344 g/mol. The first-order valence-corrected chi connectivity index (χ1v) is 8.95. The van der Waals surface area contributed by atoms with Crippen molar-refractivity contribution in [3.8, 4) is 0 Å². The fourth-order valence-electron chi connectivity index (χ4n) is 3.36. The van der Waals surface area contributed by atoms with Gasteiger partial charge >= 0.3 is 0 Å². The Morgan fingerprint density at radius 2 is 2.11 bits per heavy atom. The lowest BCUT2D eigenvalue weighted by Gasteiger charge is -2.21. The maximum atomic E-state index is 13.0. The molecule has 1 saturated heterocycles. The van der Waals surface area contributed by atoms with E-state index in [0.717, 1.165) is 11.4 Å². The van der Waals surface area contributed by atoms with Crippen molar-refractivity contribution >= 4 is 5.91 Å². The molecule has 0 aliphatic carbocycles. The normalized spacial score (nSPS) is 19.6. The summed E-state index contributed by atoms with van der Waals surface area (Å²) in [6.45, 7) is 2.84. The van der Waals surface area contributed by atoms with Gasteiger partial charge in [0.05, 0.1) is 18.8 Å². The van der Waals surface area contributed by atoms with Gasteiger partial charge in [-0.2, -0.15) is 10.2 Å². The van der Waals surface area contributed by atoms with Gasteiger partial charge in [-0.05, 0) is 18.6 Å². The second-order valence-electron chi connectivity index (χ2n) is 6.78. The monoisotopic (exact) mass is 366 g/mol. The molecule has 8 heteroatoms. The third-order valence-electron chi connectivity index (χ3n) is 4.70. The fourth-order valence-corrected chi connectivity index (χ4v) is 3.36. The highest BCUT2D eigenvalue weighted by Crippen LogP contribution is 2.33.